The number of rotatable bonds is 6. The molecule has 8 heteroatoms. The summed E-state index contributed by atoms with van der Waals surface area (Å²) in [5, 5.41) is 12.0. The zero-order valence-corrected chi connectivity index (χ0v) is 17.1. The van der Waals surface area contributed by atoms with E-state index in [1.807, 2.05) is 16.8 Å². The van der Waals surface area contributed by atoms with Gasteiger partial charge in [-0.2, -0.15) is 0 Å². The van der Waals surface area contributed by atoms with Crippen LogP contribution < -0.4 is 15.2 Å². The zero-order chi connectivity index (χ0) is 20.7. The van der Waals surface area contributed by atoms with E-state index in [9.17, 15) is 14.7 Å². The number of fused-ring (bicyclic) bond motifs is 6. The summed E-state index contributed by atoms with van der Waals surface area (Å²) < 4.78 is 12.7. The summed E-state index contributed by atoms with van der Waals surface area (Å²) in [6, 6.07) is 5.43. The quantitative estimate of drug-likeness (QED) is 0.723. The van der Waals surface area contributed by atoms with E-state index in [0.29, 0.717) is 29.7 Å². The SMILES string of the molecule is COCCCOc1cc2c(cc1Cl)-c1cc(=O)c(C(=O)O)cn1N1[C@@H](C)CC[C@@H]21. The van der Waals surface area contributed by atoms with Gasteiger partial charge in [-0.15, -0.1) is 0 Å². The highest BCUT2D eigenvalue weighted by Crippen LogP contribution is 2.46. The molecule has 1 aromatic carbocycles. The van der Waals surface area contributed by atoms with Crippen molar-refractivity contribution in [3.05, 3.63) is 50.8 Å². The van der Waals surface area contributed by atoms with Gasteiger partial charge in [0.2, 0.25) is 0 Å². The molecule has 3 heterocycles. The lowest BCUT2D eigenvalue weighted by Gasteiger charge is -2.40. The van der Waals surface area contributed by atoms with E-state index in [2.05, 4.69) is 11.9 Å². The van der Waals surface area contributed by atoms with Crippen LogP contribution in [0.15, 0.2) is 29.2 Å². The van der Waals surface area contributed by atoms with E-state index in [0.717, 1.165) is 30.4 Å². The van der Waals surface area contributed by atoms with Crippen LogP contribution in [0.25, 0.3) is 11.3 Å². The number of hydrogen-bond donors (Lipinski definition) is 1. The average Bonchev–Trinajstić information content (AvgIpc) is 3.07. The van der Waals surface area contributed by atoms with Crippen LogP contribution in [0.4, 0.5) is 0 Å². The highest BCUT2D eigenvalue weighted by atomic mass is 35.5. The summed E-state index contributed by atoms with van der Waals surface area (Å²) in [6.45, 7) is 3.21. The number of benzene rings is 1. The normalized spacial score (nSPS) is 19.5. The van der Waals surface area contributed by atoms with Crippen LogP contribution in [0.2, 0.25) is 5.02 Å². The molecule has 0 saturated carbocycles. The first-order chi connectivity index (χ1) is 13.9. The minimum Gasteiger partial charge on any atom is -0.492 e. The Kier molecular flexibility index (Phi) is 5.27. The van der Waals surface area contributed by atoms with Gasteiger partial charge in [0.25, 0.3) is 0 Å². The molecule has 1 saturated heterocycles. The third kappa shape index (κ3) is 3.38. The van der Waals surface area contributed by atoms with Crippen LogP contribution >= 0.6 is 11.6 Å². The number of hydrogen-bond acceptors (Lipinski definition) is 5. The number of carbonyl (C=O) groups is 1. The van der Waals surface area contributed by atoms with E-state index in [1.54, 1.807) is 7.11 Å². The molecule has 0 aliphatic carbocycles. The molecule has 1 aromatic heterocycles. The molecule has 7 nitrogen and oxygen atoms in total. The summed E-state index contributed by atoms with van der Waals surface area (Å²) in [5.74, 6) is -0.615. The summed E-state index contributed by atoms with van der Waals surface area (Å²) in [6.07, 6.45) is 4.07. The maximum Gasteiger partial charge on any atom is 0.341 e. The van der Waals surface area contributed by atoms with Crippen molar-refractivity contribution in [2.24, 2.45) is 0 Å². The number of aromatic nitrogens is 1. The Bertz CT molecular complexity index is 1020. The average molecular weight is 419 g/mol. The zero-order valence-electron chi connectivity index (χ0n) is 16.4. The Hall–Kier alpha value is -2.51. The number of aromatic carboxylic acids is 1. The molecule has 4 rings (SSSR count). The summed E-state index contributed by atoms with van der Waals surface area (Å²) >= 11 is 6.48. The maximum absolute atomic E-state index is 12.4. The van der Waals surface area contributed by atoms with Crippen LogP contribution in [0.3, 0.4) is 0 Å². The minimum atomic E-state index is -1.22. The molecule has 2 aromatic rings. The molecule has 154 valence electrons. The molecular formula is C21H23ClN2O5. The molecule has 2 aliphatic heterocycles. The Morgan fingerprint density at radius 1 is 1.28 bits per heavy atom. The number of nitrogens with zero attached hydrogens (tertiary/aromatic N) is 2. The van der Waals surface area contributed by atoms with Gasteiger partial charge in [0.1, 0.15) is 11.3 Å². The van der Waals surface area contributed by atoms with Gasteiger partial charge in [0.05, 0.1) is 23.4 Å². The standard InChI is InChI=1S/C21H23ClN2O5/c1-12-4-5-17-14-9-20(29-7-3-6-28-2)16(22)8-13(14)18-10-19(25)15(21(26)27)11-23(18)24(12)17/h8-12,17H,3-7H2,1-2H3,(H,26,27)/t12-,17-/m0/s1. The fourth-order valence-electron chi connectivity index (χ4n) is 4.27. The van der Waals surface area contributed by atoms with Gasteiger partial charge in [-0.25, -0.2) is 4.79 Å². The van der Waals surface area contributed by atoms with Crippen molar-refractivity contribution in [1.29, 1.82) is 0 Å². The molecule has 0 unspecified atom stereocenters. The molecule has 0 radical (unpaired) electrons. The Morgan fingerprint density at radius 3 is 2.79 bits per heavy atom. The number of methoxy groups -OCH3 is 1. The van der Waals surface area contributed by atoms with Gasteiger partial charge in [0.15, 0.2) is 5.43 Å². The van der Waals surface area contributed by atoms with Crippen molar-refractivity contribution in [3.63, 3.8) is 0 Å². The Labute approximate surface area is 173 Å². The highest BCUT2D eigenvalue weighted by Gasteiger charge is 2.39. The van der Waals surface area contributed by atoms with Gasteiger partial charge in [-0.3, -0.25) is 9.47 Å². The first-order valence-electron chi connectivity index (χ1n) is 9.66. The lowest BCUT2D eigenvalue weighted by molar-refractivity contribution is 0.0694. The monoisotopic (exact) mass is 418 g/mol. The van der Waals surface area contributed by atoms with E-state index >= 15 is 0 Å². The van der Waals surface area contributed by atoms with Crippen LogP contribution in [0, 0.1) is 0 Å². The molecule has 2 aliphatic rings. The van der Waals surface area contributed by atoms with Gasteiger partial charge >= 0.3 is 5.97 Å². The third-order valence-corrected chi connectivity index (χ3v) is 5.92. The number of ether oxygens (including phenoxy) is 2. The highest BCUT2D eigenvalue weighted by molar-refractivity contribution is 6.32. The van der Waals surface area contributed by atoms with Crippen molar-refractivity contribution >= 4 is 17.6 Å². The lowest BCUT2D eigenvalue weighted by Crippen LogP contribution is -2.43. The largest absolute Gasteiger partial charge is 0.492 e. The van der Waals surface area contributed by atoms with E-state index in [-0.39, 0.29) is 17.6 Å². The van der Waals surface area contributed by atoms with Crippen LogP contribution in [-0.4, -0.2) is 42.1 Å². The number of carboxylic acid groups (broad SMARTS) is 1. The van der Waals surface area contributed by atoms with E-state index in [4.69, 9.17) is 21.1 Å². The molecule has 0 amide bonds. The summed E-state index contributed by atoms with van der Waals surface area (Å²) in [7, 11) is 1.65. The van der Waals surface area contributed by atoms with E-state index < -0.39 is 11.4 Å². The predicted octanol–water partition coefficient (Wildman–Crippen LogP) is 3.46. The Morgan fingerprint density at radius 2 is 2.07 bits per heavy atom. The van der Waals surface area contributed by atoms with Gasteiger partial charge in [0, 0.05) is 44.0 Å². The van der Waals surface area contributed by atoms with Crippen LogP contribution in [0.5, 0.6) is 5.75 Å². The summed E-state index contributed by atoms with van der Waals surface area (Å²) in [4.78, 5) is 23.9. The van der Waals surface area contributed by atoms with Crippen molar-refractivity contribution in [1.82, 2.24) is 4.68 Å². The Balaban J connectivity index is 1.83. The van der Waals surface area contributed by atoms with Crippen molar-refractivity contribution in [2.75, 3.05) is 25.3 Å². The second-order valence-electron chi connectivity index (χ2n) is 7.47. The fourth-order valence-corrected chi connectivity index (χ4v) is 4.49. The predicted molar refractivity (Wildman–Crippen MR) is 110 cm³/mol. The topological polar surface area (TPSA) is 81.0 Å². The lowest BCUT2D eigenvalue weighted by atomic mass is 9.94. The number of carboxylic acids is 1. The van der Waals surface area contributed by atoms with Crippen molar-refractivity contribution in [2.45, 2.75) is 38.3 Å². The molecule has 2 atom stereocenters. The van der Waals surface area contributed by atoms with Crippen molar-refractivity contribution in [3.8, 4) is 17.0 Å². The third-order valence-electron chi connectivity index (χ3n) is 5.63. The molecule has 0 bridgehead atoms. The smallest absolute Gasteiger partial charge is 0.341 e. The first-order valence-corrected chi connectivity index (χ1v) is 10.0. The molecule has 1 fully saturated rings. The molecule has 0 spiro atoms. The van der Waals surface area contributed by atoms with Crippen molar-refractivity contribution < 1.29 is 19.4 Å². The molecule has 1 N–H and O–H groups in total. The minimum absolute atomic E-state index is 0.0650. The number of pyridine rings is 1. The van der Waals surface area contributed by atoms with Crippen LogP contribution in [0.1, 0.15) is 48.1 Å². The second kappa shape index (κ2) is 7.72. The molecule has 29 heavy (non-hydrogen) atoms. The van der Waals surface area contributed by atoms with Gasteiger partial charge in [-0.05, 0) is 37.5 Å². The summed E-state index contributed by atoms with van der Waals surface area (Å²) in [5.41, 5.74) is 1.77. The number of halogens is 1. The van der Waals surface area contributed by atoms with Crippen LogP contribution in [-0.2, 0) is 4.74 Å². The first kappa shape index (κ1) is 19.8. The van der Waals surface area contributed by atoms with Gasteiger partial charge in [-0.1, -0.05) is 11.6 Å². The van der Waals surface area contributed by atoms with E-state index in [1.165, 1.54) is 12.3 Å². The van der Waals surface area contributed by atoms with Gasteiger partial charge < -0.3 is 19.6 Å². The molecular weight excluding hydrogens is 396 g/mol. The maximum atomic E-state index is 12.4. The fraction of sp³-hybridized carbons (Fsp3) is 0.429. The second-order valence-corrected chi connectivity index (χ2v) is 7.88.